The molecule has 1 atom stereocenters. The van der Waals surface area contributed by atoms with Crippen molar-refractivity contribution in [1.29, 1.82) is 0 Å². The number of aromatic nitrogens is 5. The third-order valence-electron chi connectivity index (χ3n) is 8.58. The third kappa shape index (κ3) is 4.73. The number of fused-ring (bicyclic) bond motifs is 1. The average Bonchev–Trinajstić information content (AvgIpc) is 3.61. The van der Waals surface area contributed by atoms with Crippen LogP contribution in [0.3, 0.4) is 0 Å². The van der Waals surface area contributed by atoms with Crippen LogP contribution in [0.4, 0.5) is 0 Å². The molecular weight excluding hydrogens is 460 g/mol. The van der Waals surface area contributed by atoms with E-state index in [1.165, 1.54) is 18.4 Å². The zero-order chi connectivity index (χ0) is 25.4. The van der Waals surface area contributed by atoms with Gasteiger partial charge in [0.25, 0.3) is 5.56 Å². The normalized spacial score (nSPS) is 18.5. The standard InChI is InChI=1S/C30H36N6O/c1-20-12-13-21(2)27-25(20)19-26(30(37)31-27)28(29-32-33-34-36(29)24-10-6-7-11-24)35-16-14-23(15-17-35)18-22-8-4-3-5-9-22/h3-5,8-9,12-13,19,23-24,28H,6-7,10-11,14-18H2,1-2H3,(H,31,37). The van der Waals surface area contributed by atoms with E-state index >= 15 is 0 Å². The number of hydrogen-bond acceptors (Lipinski definition) is 5. The Morgan fingerprint density at radius 1 is 0.973 bits per heavy atom. The van der Waals surface area contributed by atoms with Gasteiger partial charge in [0.15, 0.2) is 5.82 Å². The molecule has 2 aliphatic rings. The number of pyridine rings is 1. The topological polar surface area (TPSA) is 79.7 Å². The summed E-state index contributed by atoms with van der Waals surface area (Å²) in [6, 6.07) is 17.1. The van der Waals surface area contributed by atoms with Gasteiger partial charge in [0.05, 0.1) is 11.6 Å². The number of hydrogen-bond donors (Lipinski definition) is 1. The molecule has 0 radical (unpaired) electrons. The number of benzene rings is 2. The minimum absolute atomic E-state index is 0.0430. The second kappa shape index (κ2) is 10.2. The quantitative estimate of drug-likeness (QED) is 0.392. The Balaban J connectivity index is 1.37. The monoisotopic (exact) mass is 496 g/mol. The number of piperidine rings is 1. The summed E-state index contributed by atoms with van der Waals surface area (Å²) in [4.78, 5) is 19.3. The number of likely N-dealkylation sites (tertiary alicyclic amines) is 1. The van der Waals surface area contributed by atoms with Crippen molar-refractivity contribution in [3.63, 3.8) is 0 Å². The molecule has 1 N–H and O–H groups in total. The predicted molar refractivity (Wildman–Crippen MR) is 146 cm³/mol. The second-order valence-electron chi connectivity index (χ2n) is 11.0. The highest BCUT2D eigenvalue weighted by Crippen LogP contribution is 2.36. The zero-order valence-corrected chi connectivity index (χ0v) is 21.9. The summed E-state index contributed by atoms with van der Waals surface area (Å²) in [5.41, 5.74) is 5.27. The number of rotatable bonds is 6. The molecule has 4 aromatic rings. The smallest absolute Gasteiger partial charge is 0.253 e. The fourth-order valence-corrected chi connectivity index (χ4v) is 6.45. The number of aryl methyl sites for hydroxylation is 2. The number of nitrogens with zero attached hydrogens (tertiary/aromatic N) is 5. The number of nitrogens with one attached hydrogen (secondary N) is 1. The highest BCUT2D eigenvalue weighted by Gasteiger charge is 2.35. The first-order chi connectivity index (χ1) is 18.1. The third-order valence-corrected chi connectivity index (χ3v) is 8.58. The van der Waals surface area contributed by atoms with E-state index in [9.17, 15) is 4.79 Å². The molecule has 2 aromatic heterocycles. The fraction of sp³-hybridized carbons (Fsp3) is 0.467. The summed E-state index contributed by atoms with van der Waals surface area (Å²) < 4.78 is 2.03. The first-order valence-corrected chi connectivity index (χ1v) is 13.8. The molecule has 0 amide bonds. The molecule has 37 heavy (non-hydrogen) atoms. The highest BCUT2D eigenvalue weighted by atomic mass is 16.1. The van der Waals surface area contributed by atoms with Gasteiger partial charge in [0.2, 0.25) is 0 Å². The first-order valence-electron chi connectivity index (χ1n) is 13.8. The first kappa shape index (κ1) is 24.0. The average molecular weight is 497 g/mol. The van der Waals surface area contributed by atoms with E-state index in [0.29, 0.717) is 12.0 Å². The Kier molecular flexibility index (Phi) is 6.63. The molecule has 0 bridgehead atoms. The molecule has 1 aliphatic heterocycles. The van der Waals surface area contributed by atoms with Crippen molar-refractivity contribution in [1.82, 2.24) is 30.1 Å². The van der Waals surface area contributed by atoms with E-state index in [4.69, 9.17) is 0 Å². The van der Waals surface area contributed by atoms with Crippen LogP contribution in [0.1, 0.15) is 78.7 Å². The van der Waals surface area contributed by atoms with Gasteiger partial charge in [-0.1, -0.05) is 55.3 Å². The Morgan fingerprint density at radius 3 is 2.46 bits per heavy atom. The summed E-state index contributed by atoms with van der Waals surface area (Å²) >= 11 is 0. The zero-order valence-electron chi connectivity index (χ0n) is 21.9. The molecule has 6 rings (SSSR count). The van der Waals surface area contributed by atoms with Gasteiger partial charge >= 0.3 is 0 Å². The van der Waals surface area contributed by atoms with Crippen LogP contribution in [0, 0.1) is 19.8 Å². The maximum absolute atomic E-state index is 13.7. The molecule has 7 heteroatoms. The lowest BCUT2D eigenvalue weighted by Gasteiger charge is -2.37. The minimum Gasteiger partial charge on any atom is -0.321 e. The van der Waals surface area contributed by atoms with E-state index in [1.807, 2.05) is 11.6 Å². The summed E-state index contributed by atoms with van der Waals surface area (Å²) in [6.07, 6.45) is 7.89. The van der Waals surface area contributed by atoms with Gasteiger partial charge in [-0.25, -0.2) is 4.68 Å². The Labute approximate surface area is 217 Å². The van der Waals surface area contributed by atoms with Gasteiger partial charge in [-0.3, -0.25) is 9.69 Å². The van der Waals surface area contributed by atoms with E-state index < -0.39 is 0 Å². The largest absolute Gasteiger partial charge is 0.321 e. The SMILES string of the molecule is Cc1ccc(C)c2[nH]c(=O)c(C(c3nnnn3C3CCCC3)N3CCC(Cc4ccccc4)CC3)cc12. The highest BCUT2D eigenvalue weighted by molar-refractivity contribution is 5.85. The van der Waals surface area contributed by atoms with Crippen molar-refractivity contribution >= 4 is 10.9 Å². The summed E-state index contributed by atoms with van der Waals surface area (Å²) in [7, 11) is 0. The van der Waals surface area contributed by atoms with Gasteiger partial charge in [-0.05, 0) is 98.1 Å². The molecule has 7 nitrogen and oxygen atoms in total. The molecule has 1 saturated carbocycles. The van der Waals surface area contributed by atoms with Crippen LogP contribution in [-0.4, -0.2) is 43.2 Å². The summed E-state index contributed by atoms with van der Waals surface area (Å²) in [5, 5.41) is 14.2. The van der Waals surface area contributed by atoms with Crippen molar-refractivity contribution < 1.29 is 0 Å². The van der Waals surface area contributed by atoms with Crippen molar-refractivity contribution in [3.8, 4) is 0 Å². The lowest BCUT2D eigenvalue weighted by molar-refractivity contribution is 0.141. The van der Waals surface area contributed by atoms with Crippen molar-refractivity contribution in [2.45, 2.75) is 70.9 Å². The van der Waals surface area contributed by atoms with Gasteiger partial charge < -0.3 is 4.98 Å². The van der Waals surface area contributed by atoms with Crippen molar-refractivity contribution in [3.05, 3.63) is 87.0 Å². The molecule has 1 aliphatic carbocycles. The maximum atomic E-state index is 13.7. The molecule has 1 unspecified atom stereocenters. The van der Waals surface area contributed by atoms with Crippen molar-refractivity contribution in [2.75, 3.05) is 13.1 Å². The van der Waals surface area contributed by atoms with Crippen LogP contribution >= 0.6 is 0 Å². The lowest BCUT2D eigenvalue weighted by atomic mass is 9.88. The molecule has 2 aromatic carbocycles. The maximum Gasteiger partial charge on any atom is 0.253 e. The van der Waals surface area contributed by atoms with Crippen LogP contribution in [-0.2, 0) is 6.42 Å². The van der Waals surface area contributed by atoms with E-state index in [0.717, 1.165) is 78.6 Å². The van der Waals surface area contributed by atoms with Gasteiger partial charge in [-0.2, -0.15) is 0 Å². The Bertz CT molecular complexity index is 1430. The second-order valence-corrected chi connectivity index (χ2v) is 11.0. The molecule has 3 heterocycles. The Hall–Kier alpha value is -3.32. The lowest BCUT2D eigenvalue weighted by Crippen LogP contribution is -2.41. The van der Waals surface area contributed by atoms with E-state index in [1.54, 1.807) is 0 Å². The predicted octanol–water partition coefficient (Wildman–Crippen LogP) is 5.29. The molecular formula is C30H36N6O. The minimum atomic E-state index is -0.263. The van der Waals surface area contributed by atoms with Crippen LogP contribution in [0.5, 0.6) is 0 Å². The fourth-order valence-electron chi connectivity index (χ4n) is 6.45. The molecule has 1 saturated heterocycles. The van der Waals surface area contributed by atoms with Crippen LogP contribution in [0.25, 0.3) is 10.9 Å². The van der Waals surface area contributed by atoms with Gasteiger partial charge in [-0.15, -0.1) is 5.10 Å². The van der Waals surface area contributed by atoms with Crippen LogP contribution in [0.2, 0.25) is 0 Å². The van der Waals surface area contributed by atoms with E-state index in [2.05, 4.69) is 80.9 Å². The molecule has 0 spiro atoms. The Morgan fingerprint density at radius 2 is 1.70 bits per heavy atom. The van der Waals surface area contributed by atoms with E-state index in [-0.39, 0.29) is 11.6 Å². The summed E-state index contributed by atoms with van der Waals surface area (Å²) in [6.45, 7) is 6.00. The number of tetrazole rings is 1. The van der Waals surface area contributed by atoms with Crippen LogP contribution in [0.15, 0.2) is 53.3 Å². The summed E-state index contributed by atoms with van der Waals surface area (Å²) in [5.74, 6) is 1.45. The van der Waals surface area contributed by atoms with Gasteiger partial charge in [0, 0.05) is 10.9 Å². The number of aromatic amines is 1. The van der Waals surface area contributed by atoms with Crippen molar-refractivity contribution in [2.24, 2.45) is 5.92 Å². The number of H-pyrrole nitrogens is 1. The molecule has 2 fully saturated rings. The molecule has 192 valence electrons. The van der Waals surface area contributed by atoms with Gasteiger partial charge in [0.1, 0.15) is 6.04 Å². The van der Waals surface area contributed by atoms with Crippen LogP contribution < -0.4 is 5.56 Å².